The minimum absolute atomic E-state index is 0.140. The topological polar surface area (TPSA) is 75.9 Å². The van der Waals surface area contributed by atoms with Crippen LogP contribution in [0.2, 0.25) is 0 Å². The molecule has 0 saturated carbocycles. The second-order valence-electron chi connectivity index (χ2n) is 6.99. The third kappa shape index (κ3) is 6.47. The molecular formula is C23H27N3O3. The Kier molecular flexibility index (Phi) is 7.41. The summed E-state index contributed by atoms with van der Waals surface area (Å²) in [6.45, 7) is 4.01. The van der Waals surface area contributed by atoms with Crippen molar-refractivity contribution in [3.63, 3.8) is 0 Å². The standard InChI is InChI=1S/C23H27N3O3/c24-22(27)12-13-26(18-20-4-2-1-3-5-20)23(28)11-8-19-6-9-21(10-7-19)25-14-16-29-17-15-25/h1-11H,12-18H2,(H2,24,27)/b11-8+. The molecule has 0 aromatic heterocycles. The second kappa shape index (κ2) is 10.4. The molecule has 2 N–H and O–H groups in total. The fraction of sp³-hybridized carbons (Fsp3) is 0.304. The van der Waals surface area contributed by atoms with E-state index in [1.165, 1.54) is 0 Å². The molecule has 1 aliphatic rings. The summed E-state index contributed by atoms with van der Waals surface area (Å²) in [6, 6.07) is 17.8. The van der Waals surface area contributed by atoms with Crippen LogP contribution in [-0.4, -0.2) is 49.6 Å². The maximum Gasteiger partial charge on any atom is 0.246 e. The number of amides is 2. The third-order valence-electron chi connectivity index (χ3n) is 4.84. The van der Waals surface area contributed by atoms with Gasteiger partial charge in [-0.05, 0) is 29.3 Å². The summed E-state index contributed by atoms with van der Waals surface area (Å²) >= 11 is 0. The van der Waals surface area contributed by atoms with Crippen LogP contribution in [0.4, 0.5) is 5.69 Å². The Morgan fingerprint density at radius 3 is 2.38 bits per heavy atom. The summed E-state index contributed by atoms with van der Waals surface area (Å²) in [5.74, 6) is -0.564. The van der Waals surface area contributed by atoms with Gasteiger partial charge in [-0.25, -0.2) is 0 Å². The van der Waals surface area contributed by atoms with E-state index in [0.29, 0.717) is 13.1 Å². The van der Waals surface area contributed by atoms with Crippen molar-refractivity contribution in [2.24, 2.45) is 5.73 Å². The molecule has 0 radical (unpaired) electrons. The lowest BCUT2D eigenvalue weighted by Gasteiger charge is -2.28. The van der Waals surface area contributed by atoms with Gasteiger partial charge in [0.25, 0.3) is 0 Å². The SMILES string of the molecule is NC(=O)CCN(Cc1ccccc1)C(=O)/C=C/c1ccc(N2CCOCC2)cc1. The maximum atomic E-state index is 12.7. The van der Waals surface area contributed by atoms with Crippen molar-refractivity contribution in [2.45, 2.75) is 13.0 Å². The highest BCUT2D eigenvalue weighted by Crippen LogP contribution is 2.17. The molecule has 1 aliphatic heterocycles. The Labute approximate surface area is 171 Å². The number of nitrogens with two attached hydrogens (primary N) is 1. The Balaban J connectivity index is 1.64. The van der Waals surface area contributed by atoms with E-state index in [2.05, 4.69) is 17.0 Å². The number of carbonyl (C=O) groups excluding carboxylic acids is 2. The third-order valence-corrected chi connectivity index (χ3v) is 4.84. The predicted octanol–water partition coefficient (Wildman–Crippen LogP) is 2.44. The number of anilines is 1. The van der Waals surface area contributed by atoms with Crippen molar-refractivity contribution in [3.8, 4) is 0 Å². The van der Waals surface area contributed by atoms with Gasteiger partial charge in [0.2, 0.25) is 11.8 Å². The van der Waals surface area contributed by atoms with Gasteiger partial charge in [-0.3, -0.25) is 9.59 Å². The van der Waals surface area contributed by atoms with Gasteiger partial charge in [0, 0.05) is 44.4 Å². The van der Waals surface area contributed by atoms with Crippen LogP contribution < -0.4 is 10.6 Å². The van der Waals surface area contributed by atoms with Crippen molar-refractivity contribution in [1.29, 1.82) is 0 Å². The fourth-order valence-corrected chi connectivity index (χ4v) is 3.21. The number of nitrogens with zero attached hydrogens (tertiary/aromatic N) is 2. The molecule has 152 valence electrons. The van der Waals surface area contributed by atoms with E-state index in [4.69, 9.17) is 10.5 Å². The van der Waals surface area contributed by atoms with Crippen LogP contribution in [0.15, 0.2) is 60.7 Å². The van der Waals surface area contributed by atoms with Gasteiger partial charge < -0.3 is 20.3 Å². The van der Waals surface area contributed by atoms with Crippen LogP contribution in [0.5, 0.6) is 0 Å². The first-order valence-corrected chi connectivity index (χ1v) is 9.84. The molecule has 6 nitrogen and oxygen atoms in total. The highest BCUT2D eigenvalue weighted by Gasteiger charge is 2.13. The molecule has 2 aromatic rings. The summed E-state index contributed by atoms with van der Waals surface area (Å²) in [4.78, 5) is 27.8. The quantitative estimate of drug-likeness (QED) is 0.699. The van der Waals surface area contributed by atoms with Gasteiger partial charge in [0.1, 0.15) is 0 Å². The van der Waals surface area contributed by atoms with Gasteiger partial charge in [0.15, 0.2) is 0 Å². The number of benzene rings is 2. The first-order valence-electron chi connectivity index (χ1n) is 9.84. The summed E-state index contributed by atoms with van der Waals surface area (Å²) in [5.41, 5.74) is 8.38. The fourth-order valence-electron chi connectivity index (χ4n) is 3.21. The van der Waals surface area contributed by atoms with Crippen molar-refractivity contribution in [3.05, 3.63) is 71.8 Å². The van der Waals surface area contributed by atoms with E-state index < -0.39 is 5.91 Å². The smallest absolute Gasteiger partial charge is 0.246 e. The number of ether oxygens (including phenoxy) is 1. The molecule has 1 fully saturated rings. The number of carbonyl (C=O) groups is 2. The van der Waals surface area contributed by atoms with Crippen LogP contribution in [-0.2, 0) is 20.9 Å². The van der Waals surface area contributed by atoms with E-state index >= 15 is 0 Å². The monoisotopic (exact) mass is 393 g/mol. The number of rotatable bonds is 8. The minimum atomic E-state index is -0.418. The Morgan fingerprint density at radius 1 is 1.03 bits per heavy atom. The zero-order valence-corrected chi connectivity index (χ0v) is 16.5. The second-order valence-corrected chi connectivity index (χ2v) is 6.99. The summed E-state index contributed by atoms with van der Waals surface area (Å²) < 4.78 is 5.39. The maximum absolute atomic E-state index is 12.7. The molecule has 0 unspecified atom stereocenters. The van der Waals surface area contributed by atoms with Crippen LogP contribution >= 0.6 is 0 Å². The molecule has 0 aliphatic carbocycles. The molecule has 0 bridgehead atoms. The van der Waals surface area contributed by atoms with Crippen LogP contribution in [0, 0.1) is 0 Å². The molecule has 0 atom stereocenters. The largest absolute Gasteiger partial charge is 0.378 e. The van der Waals surface area contributed by atoms with E-state index in [-0.39, 0.29) is 12.3 Å². The normalized spacial score (nSPS) is 14.1. The number of primary amides is 1. The van der Waals surface area contributed by atoms with E-state index in [0.717, 1.165) is 43.1 Å². The molecule has 0 spiro atoms. The average molecular weight is 393 g/mol. The minimum Gasteiger partial charge on any atom is -0.378 e. The molecule has 29 heavy (non-hydrogen) atoms. The summed E-state index contributed by atoms with van der Waals surface area (Å²) in [6.07, 6.45) is 3.49. The van der Waals surface area contributed by atoms with Crippen molar-refractivity contribution in [2.75, 3.05) is 37.7 Å². The van der Waals surface area contributed by atoms with Crippen molar-refractivity contribution >= 4 is 23.6 Å². The Morgan fingerprint density at radius 2 is 1.72 bits per heavy atom. The van der Waals surface area contributed by atoms with Crippen LogP contribution in [0.1, 0.15) is 17.5 Å². The van der Waals surface area contributed by atoms with Crippen LogP contribution in [0.25, 0.3) is 6.08 Å². The zero-order valence-electron chi connectivity index (χ0n) is 16.5. The number of morpholine rings is 1. The van der Waals surface area contributed by atoms with Crippen molar-refractivity contribution < 1.29 is 14.3 Å². The molecular weight excluding hydrogens is 366 g/mol. The number of hydrogen-bond acceptors (Lipinski definition) is 4. The van der Waals surface area contributed by atoms with Crippen LogP contribution in [0.3, 0.4) is 0 Å². The molecule has 1 saturated heterocycles. The summed E-state index contributed by atoms with van der Waals surface area (Å²) in [5, 5.41) is 0. The highest BCUT2D eigenvalue weighted by molar-refractivity contribution is 5.92. The Bertz CT molecular complexity index is 828. The van der Waals surface area contributed by atoms with Gasteiger partial charge in [-0.1, -0.05) is 42.5 Å². The van der Waals surface area contributed by atoms with Gasteiger partial charge in [-0.2, -0.15) is 0 Å². The number of hydrogen-bond donors (Lipinski definition) is 1. The van der Waals surface area contributed by atoms with E-state index in [9.17, 15) is 9.59 Å². The van der Waals surface area contributed by atoms with Gasteiger partial charge in [0.05, 0.1) is 13.2 Å². The highest BCUT2D eigenvalue weighted by atomic mass is 16.5. The predicted molar refractivity (Wildman–Crippen MR) is 114 cm³/mol. The molecule has 2 amide bonds. The molecule has 6 heteroatoms. The first kappa shape index (κ1) is 20.6. The molecule has 3 rings (SSSR count). The van der Waals surface area contributed by atoms with E-state index in [1.54, 1.807) is 17.1 Å². The first-order chi connectivity index (χ1) is 14.1. The molecule has 1 heterocycles. The lowest BCUT2D eigenvalue weighted by Crippen LogP contribution is -2.36. The Hall–Kier alpha value is -3.12. The lowest BCUT2D eigenvalue weighted by atomic mass is 10.1. The average Bonchev–Trinajstić information content (AvgIpc) is 2.76. The van der Waals surface area contributed by atoms with Gasteiger partial charge >= 0.3 is 0 Å². The summed E-state index contributed by atoms with van der Waals surface area (Å²) in [7, 11) is 0. The molecule has 2 aromatic carbocycles. The zero-order chi connectivity index (χ0) is 20.5. The lowest BCUT2D eigenvalue weighted by molar-refractivity contribution is -0.127. The van der Waals surface area contributed by atoms with Gasteiger partial charge in [-0.15, -0.1) is 0 Å². The van der Waals surface area contributed by atoms with Crippen molar-refractivity contribution in [1.82, 2.24) is 4.90 Å². The van der Waals surface area contributed by atoms with E-state index in [1.807, 2.05) is 42.5 Å².